The Morgan fingerprint density at radius 1 is 1.33 bits per heavy atom. The molecule has 2 aliphatic rings. The van der Waals surface area contributed by atoms with Gasteiger partial charge in [-0.25, -0.2) is 0 Å². The summed E-state index contributed by atoms with van der Waals surface area (Å²) in [6, 6.07) is 2.72. The number of nitrogens with zero attached hydrogens (tertiary/aromatic N) is 2. The third-order valence-corrected chi connectivity index (χ3v) is 4.46. The topological polar surface area (TPSA) is 56.1 Å². The van der Waals surface area contributed by atoms with Crippen LogP contribution in [-0.4, -0.2) is 35.5 Å². The lowest BCUT2D eigenvalue weighted by Gasteiger charge is -2.46. The molecule has 1 aliphatic heterocycles. The molecule has 2 unspecified atom stereocenters. The minimum Gasteiger partial charge on any atom is -0.353 e. The highest BCUT2D eigenvalue weighted by Crippen LogP contribution is 2.32. The molecule has 0 aromatic heterocycles. The largest absolute Gasteiger partial charge is 0.353 e. The van der Waals surface area contributed by atoms with Crippen LogP contribution < -0.4 is 5.32 Å². The van der Waals surface area contributed by atoms with Gasteiger partial charge in [0.1, 0.15) is 0 Å². The van der Waals surface area contributed by atoms with Crippen molar-refractivity contribution in [2.24, 2.45) is 5.92 Å². The molecule has 2 rings (SSSR count). The number of nitriles is 1. The molecule has 0 spiro atoms. The first kappa shape index (κ1) is 13.4. The van der Waals surface area contributed by atoms with Crippen LogP contribution in [0.3, 0.4) is 0 Å². The second-order valence-electron chi connectivity index (χ2n) is 5.95. The van der Waals surface area contributed by atoms with Crippen LogP contribution >= 0.6 is 0 Å². The van der Waals surface area contributed by atoms with Crippen molar-refractivity contribution in [3.8, 4) is 6.07 Å². The first-order valence-electron chi connectivity index (χ1n) is 7.02. The molecule has 1 heterocycles. The average Bonchev–Trinajstić information content (AvgIpc) is 2.57. The lowest BCUT2D eigenvalue weighted by atomic mass is 9.88. The van der Waals surface area contributed by atoms with Crippen molar-refractivity contribution in [2.45, 2.75) is 57.5 Å². The molecule has 4 heteroatoms. The van der Waals surface area contributed by atoms with Gasteiger partial charge >= 0.3 is 0 Å². The molecule has 2 atom stereocenters. The molecular formula is C14H23N3O. The Labute approximate surface area is 109 Å². The van der Waals surface area contributed by atoms with E-state index < -0.39 is 5.54 Å². The number of rotatable bonds is 1. The molecule has 4 nitrogen and oxygen atoms in total. The third-order valence-electron chi connectivity index (χ3n) is 4.46. The van der Waals surface area contributed by atoms with Crippen molar-refractivity contribution < 1.29 is 4.79 Å². The Morgan fingerprint density at radius 2 is 2.06 bits per heavy atom. The van der Waals surface area contributed by atoms with Crippen molar-refractivity contribution in [3.63, 3.8) is 0 Å². The first-order valence-corrected chi connectivity index (χ1v) is 7.02. The van der Waals surface area contributed by atoms with Gasteiger partial charge in [-0.05, 0) is 26.7 Å². The highest BCUT2D eigenvalue weighted by molar-refractivity contribution is 5.86. The van der Waals surface area contributed by atoms with E-state index in [-0.39, 0.29) is 17.9 Å². The van der Waals surface area contributed by atoms with Crippen molar-refractivity contribution in [2.75, 3.05) is 13.1 Å². The van der Waals surface area contributed by atoms with Crippen molar-refractivity contribution in [1.82, 2.24) is 10.2 Å². The molecule has 100 valence electrons. The normalized spacial score (nSPS) is 33.3. The van der Waals surface area contributed by atoms with Crippen LogP contribution in [-0.2, 0) is 4.79 Å². The highest BCUT2D eigenvalue weighted by Gasteiger charge is 2.43. The minimum absolute atomic E-state index is 0.0812. The molecular weight excluding hydrogens is 226 g/mol. The zero-order valence-electron chi connectivity index (χ0n) is 11.4. The summed E-state index contributed by atoms with van der Waals surface area (Å²) in [6.07, 6.45) is 5.58. The van der Waals surface area contributed by atoms with Gasteiger partial charge in [0.05, 0.1) is 17.5 Å². The number of carbonyl (C=O) groups excluding carboxylic acids is 1. The molecule has 0 bridgehead atoms. The zero-order chi connectivity index (χ0) is 13.2. The Balaban J connectivity index is 2.21. The quantitative estimate of drug-likeness (QED) is 0.719. The fourth-order valence-electron chi connectivity index (χ4n) is 3.31. The van der Waals surface area contributed by atoms with E-state index >= 15 is 0 Å². The molecule has 2 fully saturated rings. The lowest BCUT2D eigenvalue weighted by molar-refractivity contribution is -0.137. The number of hydrogen-bond acceptors (Lipinski definition) is 3. The summed E-state index contributed by atoms with van der Waals surface area (Å²) in [5.74, 6) is 0.173. The van der Waals surface area contributed by atoms with Crippen LogP contribution in [0, 0.1) is 17.2 Å². The minimum atomic E-state index is -0.484. The summed E-state index contributed by atoms with van der Waals surface area (Å²) in [7, 11) is 0. The number of hydrogen-bond donors (Lipinski definition) is 1. The lowest BCUT2D eigenvalue weighted by Crippen LogP contribution is -2.65. The molecule has 0 aromatic rings. The Bertz CT molecular complexity index is 359. The van der Waals surface area contributed by atoms with E-state index in [1.807, 2.05) is 13.8 Å². The van der Waals surface area contributed by atoms with Gasteiger partial charge in [0, 0.05) is 19.1 Å². The number of amides is 1. The van der Waals surface area contributed by atoms with E-state index in [1.54, 1.807) is 0 Å². The van der Waals surface area contributed by atoms with E-state index in [2.05, 4.69) is 16.3 Å². The van der Waals surface area contributed by atoms with Crippen LogP contribution in [0.15, 0.2) is 0 Å². The average molecular weight is 249 g/mol. The fourth-order valence-corrected chi connectivity index (χ4v) is 3.31. The van der Waals surface area contributed by atoms with E-state index in [1.165, 1.54) is 12.8 Å². The molecule has 1 aliphatic carbocycles. The van der Waals surface area contributed by atoms with Gasteiger partial charge < -0.3 is 5.32 Å². The number of nitrogens with one attached hydrogen (secondary N) is 1. The Morgan fingerprint density at radius 3 is 2.78 bits per heavy atom. The number of piperazine rings is 1. The maximum absolute atomic E-state index is 12.0. The van der Waals surface area contributed by atoms with Gasteiger partial charge in [-0.15, -0.1) is 0 Å². The summed E-state index contributed by atoms with van der Waals surface area (Å²) in [5, 5.41) is 12.3. The second kappa shape index (κ2) is 5.27. The van der Waals surface area contributed by atoms with E-state index in [4.69, 9.17) is 0 Å². The first-order chi connectivity index (χ1) is 8.57. The van der Waals surface area contributed by atoms with Gasteiger partial charge in [-0.3, -0.25) is 9.69 Å². The third kappa shape index (κ3) is 2.37. The van der Waals surface area contributed by atoms with Gasteiger partial charge in [-0.2, -0.15) is 5.26 Å². The highest BCUT2D eigenvalue weighted by atomic mass is 16.2. The fraction of sp³-hybridized carbons (Fsp3) is 0.857. The standard InChI is InChI=1S/C14H23N3O/c1-14(2)13(18)16-8-9-17(14)12-7-5-3-4-6-11(12)10-15/h11-12H,3-9H2,1-2H3,(H,16,18). The maximum atomic E-state index is 12.0. The summed E-state index contributed by atoms with van der Waals surface area (Å²) < 4.78 is 0. The second-order valence-corrected chi connectivity index (χ2v) is 5.95. The molecule has 1 saturated heterocycles. The van der Waals surface area contributed by atoms with Crippen LogP contribution in [0.25, 0.3) is 0 Å². The van der Waals surface area contributed by atoms with Crippen LogP contribution in [0.4, 0.5) is 0 Å². The van der Waals surface area contributed by atoms with Gasteiger partial charge in [0.15, 0.2) is 0 Å². The number of carbonyl (C=O) groups is 1. The molecule has 18 heavy (non-hydrogen) atoms. The molecule has 0 aromatic carbocycles. The van der Waals surface area contributed by atoms with Crippen molar-refractivity contribution in [3.05, 3.63) is 0 Å². The van der Waals surface area contributed by atoms with Crippen molar-refractivity contribution >= 4 is 5.91 Å². The van der Waals surface area contributed by atoms with E-state index in [9.17, 15) is 10.1 Å². The van der Waals surface area contributed by atoms with Crippen molar-refractivity contribution in [1.29, 1.82) is 5.26 Å². The van der Waals surface area contributed by atoms with Crippen LogP contribution in [0.1, 0.15) is 46.0 Å². The van der Waals surface area contributed by atoms with Gasteiger partial charge in [-0.1, -0.05) is 19.3 Å². The molecule has 0 radical (unpaired) electrons. The molecule has 1 saturated carbocycles. The predicted molar refractivity (Wildman–Crippen MR) is 69.8 cm³/mol. The SMILES string of the molecule is CC1(C)C(=O)NCCN1C1CCCCCC1C#N. The summed E-state index contributed by atoms with van der Waals surface area (Å²) in [6.45, 7) is 5.51. The zero-order valence-corrected chi connectivity index (χ0v) is 11.4. The monoisotopic (exact) mass is 249 g/mol. The smallest absolute Gasteiger partial charge is 0.240 e. The predicted octanol–water partition coefficient (Wildman–Crippen LogP) is 1.67. The summed E-state index contributed by atoms with van der Waals surface area (Å²) in [5.41, 5.74) is -0.484. The summed E-state index contributed by atoms with van der Waals surface area (Å²) >= 11 is 0. The molecule has 1 N–H and O–H groups in total. The van der Waals surface area contributed by atoms with Crippen LogP contribution in [0.2, 0.25) is 0 Å². The van der Waals surface area contributed by atoms with Gasteiger partial charge in [0.2, 0.25) is 5.91 Å². The Hall–Kier alpha value is -1.08. The maximum Gasteiger partial charge on any atom is 0.240 e. The van der Waals surface area contributed by atoms with E-state index in [0.29, 0.717) is 6.54 Å². The van der Waals surface area contributed by atoms with E-state index in [0.717, 1.165) is 25.8 Å². The van der Waals surface area contributed by atoms with Gasteiger partial charge in [0.25, 0.3) is 0 Å². The van der Waals surface area contributed by atoms with Crippen LogP contribution in [0.5, 0.6) is 0 Å². The summed E-state index contributed by atoms with van der Waals surface area (Å²) in [4.78, 5) is 14.3. The Kier molecular flexibility index (Phi) is 3.91. The molecule has 1 amide bonds.